The summed E-state index contributed by atoms with van der Waals surface area (Å²) in [5.41, 5.74) is 0. The Morgan fingerprint density at radius 2 is 1.32 bits per heavy atom. The van der Waals surface area contributed by atoms with E-state index in [4.69, 9.17) is 17.3 Å². The Morgan fingerprint density at radius 3 is 1.74 bits per heavy atom. The van der Waals surface area contributed by atoms with Gasteiger partial charge in [0, 0.05) is 13.0 Å². The molecule has 0 amide bonds. The van der Waals surface area contributed by atoms with Crippen LogP contribution in [0, 0.1) is 0 Å². The second-order valence-corrected chi connectivity index (χ2v) is 6.07. The maximum atomic E-state index is 10.3. The molecule has 0 saturated heterocycles. The third-order valence-electron chi connectivity index (χ3n) is 3.09. The molecular formula is C14H27NO2S2. The van der Waals surface area contributed by atoms with Gasteiger partial charge in [-0.15, -0.1) is 12.6 Å². The van der Waals surface area contributed by atoms with E-state index in [1.165, 1.54) is 44.9 Å². The highest BCUT2D eigenvalue weighted by Gasteiger charge is 1.96. The van der Waals surface area contributed by atoms with Crippen LogP contribution in [0.15, 0.2) is 0 Å². The zero-order valence-corrected chi connectivity index (χ0v) is 13.4. The predicted octanol–water partition coefficient (Wildman–Crippen LogP) is 4.17. The first kappa shape index (κ1) is 18.7. The molecule has 0 atom stereocenters. The zero-order valence-electron chi connectivity index (χ0n) is 11.7. The molecule has 2 N–H and O–H groups in total. The number of hydrogen-bond acceptors (Lipinski definition) is 2. The lowest BCUT2D eigenvalue weighted by Gasteiger charge is -2.04. The molecule has 0 aliphatic carbocycles. The van der Waals surface area contributed by atoms with E-state index in [0.29, 0.717) is 10.7 Å². The van der Waals surface area contributed by atoms with Gasteiger partial charge in [0.05, 0.1) is 0 Å². The summed E-state index contributed by atoms with van der Waals surface area (Å²) in [4.78, 5) is 10.3. The lowest BCUT2D eigenvalue weighted by Crippen LogP contribution is -2.17. The molecule has 0 spiro atoms. The molecule has 0 saturated carbocycles. The van der Waals surface area contributed by atoms with E-state index in [-0.39, 0.29) is 0 Å². The van der Waals surface area contributed by atoms with Crippen molar-refractivity contribution in [3.63, 3.8) is 0 Å². The number of nitrogens with one attached hydrogen (secondary N) is 1. The van der Waals surface area contributed by atoms with E-state index in [2.05, 4.69) is 17.9 Å². The van der Waals surface area contributed by atoms with Crippen LogP contribution in [0.2, 0.25) is 0 Å². The fourth-order valence-corrected chi connectivity index (χ4v) is 2.22. The molecule has 112 valence electrons. The first-order valence-corrected chi connectivity index (χ1v) is 8.17. The minimum Gasteiger partial charge on any atom is -0.481 e. The molecule has 5 heteroatoms. The van der Waals surface area contributed by atoms with Crippen LogP contribution in [0.25, 0.3) is 0 Å². The summed E-state index contributed by atoms with van der Waals surface area (Å²) in [6.45, 7) is 0.936. The number of thiocarbonyl (C=S) groups is 1. The Kier molecular flexibility index (Phi) is 13.9. The maximum absolute atomic E-state index is 10.3. The van der Waals surface area contributed by atoms with Crippen molar-refractivity contribution in [2.75, 3.05) is 6.54 Å². The molecule has 0 fully saturated rings. The van der Waals surface area contributed by atoms with Crippen LogP contribution in [0.4, 0.5) is 0 Å². The van der Waals surface area contributed by atoms with Crippen molar-refractivity contribution in [3.05, 3.63) is 0 Å². The molecule has 0 radical (unpaired) electrons. The Bertz CT molecular complexity index is 224. The predicted molar refractivity (Wildman–Crippen MR) is 88.0 cm³/mol. The minimum atomic E-state index is -0.673. The summed E-state index contributed by atoms with van der Waals surface area (Å²) < 4.78 is 0.586. The van der Waals surface area contributed by atoms with Gasteiger partial charge in [-0.05, 0) is 12.8 Å². The second-order valence-electron chi connectivity index (χ2n) is 4.91. The van der Waals surface area contributed by atoms with Crippen LogP contribution in [-0.2, 0) is 4.79 Å². The van der Waals surface area contributed by atoms with Crippen molar-refractivity contribution in [2.45, 2.75) is 70.6 Å². The topological polar surface area (TPSA) is 49.3 Å². The quantitative estimate of drug-likeness (QED) is 0.272. The van der Waals surface area contributed by atoms with E-state index < -0.39 is 5.97 Å². The van der Waals surface area contributed by atoms with E-state index in [1.54, 1.807) is 0 Å². The number of unbranched alkanes of at least 4 members (excludes halogenated alkanes) is 9. The monoisotopic (exact) mass is 305 g/mol. The zero-order chi connectivity index (χ0) is 14.3. The number of aliphatic carboxylic acids is 1. The molecule has 0 unspecified atom stereocenters. The summed E-state index contributed by atoms with van der Waals surface area (Å²) in [7, 11) is 0. The molecule has 0 rings (SSSR count). The maximum Gasteiger partial charge on any atom is 0.303 e. The summed E-state index contributed by atoms with van der Waals surface area (Å²) in [6, 6.07) is 0. The van der Waals surface area contributed by atoms with E-state index >= 15 is 0 Å². The number of carbonyl (C=O) groups is 1. The highest BCUT2D eigenvalue weighted by molar-refractivity contribution is 8.11. The van der Waals surface area contributed by atoms with Crippen LogP contribution in [-0.4, -0.2) is 21.9 Å². The van der Waals surface area contributed by atoms with Gasteiger partial charge in [0.2, 0.25) is 0 Å². The number of carboxylic acid groups (broad SMARTS) is 1. The summed E-state index contributed by atoms with van der Waals surface area (Å²) in [5, 5.41) is 11.5. The van der Waals surface area contributed by atoms with Crippen molar-refractivity contribution < 1.29 is 9.90 Å². The average Bonchev–Trinajstić information content (AvgIpc) is 2.34. The minimum absolute atomic E-state index is 0.323. The molecule has 0 aromatic rings. The van der Waals surface area contributed by atoms with Gasteiger partial charge in [-0.25, -0.2) is 0 Å². The van der Waals surface area contributed by atoms with E-state index in [9.17, 15) is 4.79 Å². The lowest BCUT2D eigenvalue weighted by atomic mass is 10.1. The Balaban J connectivity index is 2.99. The van der Waals surface area contributed by atoms with Crippen molar-refractivity contribution in [1.29, 1.82) is 0 Å². The van der Waals surface area contributed by atoms with Crippen molar-refractivity contribution >= 4 is 35.1 Å². The van der Waals surface area contributed by atoms with Crippen molar-refractivity contribution in [2.24, 2.45) is 0 Å². The normalized spacial score (nSPS) is 10.4. The van der Waals surface area contributed by atoms with Crippen LogP contribution in [0.5, 0.6) is 0 Å². The van der Waals surface area contributed by atoms with Gasteiger partial charge in [0.25, 0.3) is 0 Å². The highest BCUT2D eigenvalue weighted by atomic mass is 32.1. The Hall–Kier alpha value is -0.290. The van der Waals surface area contributed by atoms with Crippen molar-refractivity contribution in [1.82, 2.24) is 5.32 Å². The second kappa shape index (κ2) is 14.1. The molecule has 0 aliphatic heterocycles. The Morgan fingerprint density at radius 1 is 0.895 bits per heavy atom. The van der Waals surface area contributed by atoms with Gasteiger partial charge in [0.1, 0.15) is 4.32 Å². The molecule has 3 nitrogen and oxygen atoms in total. The molecular weight excluding hydrogens is 278 g/mol. The van der Waals surface area contributed by atoms with Crippen LogP contribution in [0.1, 0.15) is 70.6 Å². The third-order valence-corrected chi connectivity index (χ3v) is 3.40. The molecule has 19 heavy (non-hydrogen) atoms. The number of carboxylic acids is 1. The van der Waals surface area contributed by atoms with Gasteiger partial charge in [-0.3, -0.25) is 4.79 Å². The highest BCUT2D eigenvalue weighted by Crippen LogP contribution is 2.11. The van der Waals surface area contributed by atoms with Gasteiger partial charge < -0.3 is 10.4 Å². The third kappa shape index (κ3) is 17.7. The average molecular weight is 306 g/mol. The number of thiol groups is 1. The molecule has 0 bridgehead atoms. The molecule has 0 heterocycles. The SMILES string of the molecule is O=C(O)CCCCCCCCCCCCNC(=S)S. The van der Waals surface area contributed by atoms with E-state index in [1.807, 2.05) is 0 Å². The van der Waals surface area contributed by atoms with E-state index in [0.717, 1.165) is 25.8 Å². The smallest absolute Gasteiger partial charge is 0.303 e. The van der Waals surface area contributed by atoms with Gasteiger partial charge in [-0.1, -0.05) is 63.6 Å². The Labute approximate surface area is 128 Å². The van der Waals surface area contributed by atoms with Gasteiger partial charge >= 0.3 is 5.97 Å². The first-order valence-electron chi connectivity index (χ1n) is 7.31. The molecule has 0 aromatic heterocycles. The number of rotatable bonds is 13. The standard InChI is InChI=1S/C14H27NO2S2/c16-13(17)11-9-7-5-3-1-2-4-6-8-10-12-15-14(18)19/h1-12H2,(H,16,17)(H2,15,18,19). The summed E-state index contributed by atoms with van der Waals surface area (Å²) in [5.74, 6) is -0.673. The summed E-state index contributed by atoms with van der Waals surface area (Å²) in [6.07, 6.45) is 12.2. The van der Waals surface area contributed by atoms with Crippen molar-refractivity contribution in [3.8, 4) is 0 Å². The molecule has 0 aromatic carbocycles. The lowest BCUT2D eigenvalue weighted by molar-refractivity contribution is -0.137. The number of hydrogen-bond donors (Lipinski definition) is 3. The largest absolute Gasteiger partial charge is 0.481 e. The van der Waals surface area contributed by atoms with Gasteiger partial charge in [-0.2, -0.15) is 0 Å². The van der Waals surface area contributed by atoms with Gasteiger partial charge in [0.15, 0.2) is 0 Å². The van der Waals surface area contributed by atoms with Crippen LogP contribution in [0.3, 0.4) is 0 Å². The van der Waals surface area contributed by atoms with Crippen LogP contribution < -0.4 is 5.32 Å². The van der Waals surface area contributed by atoms with Crippen LogP contribution >= 0.6 is 24.8 Å². The first-order chi connectivity index (χ1) is 9.13. The fraction of sp³-hybridized carbons (Fsp3) is 0.857. The molecule has 0 aliphatic rings. The summed E-state index contributed by atoms with van der Waals surface area (Å²) >= 11 is 8.81. The fourth-order valence-electron chi connectivity index (χ4n) is 2.01.